The summed E-state index contributed by atoms with van der Waals surface area (Å²) in [5, 5.41) is 5.70. The third kappa shape index (κ3) is 4.71. The summed E-state index contributed by atoms with van der Waals surface area (Å²) in [7, 11) is 0. The van der Waals surface area contributed by atoms with Crippen molar-refractivity contribution < 1.29 is 4.79 Å². The summed E-state index contributed by atoms with van der Waals surface area (Å²) >= 11 is 8.51. The molecule has 3 heterocycles. The molecule has 0 radical (unpaired) electrons. The highest BCUT2D eigenvalue weighted by atomic mass is 32.2. The predicted octanol–water partition coefficient (Wildman–Crippen LogP) is 6.93. The fourth-order valence-electron chi connectivity index (χ4n) is 3.88. The van der Waals surface area contributed by atoms with Crippen LogP contribution in [0.4, 0.5) is 0 Å². The number of unbranched alkanes of at least 4 members (excludes halogenated alkanes) is 3. The fraction of sp³-hybridized carbons (Fsp3) is 0.231. The lowest BCUT2D eigenvalue weighted by atomic mass is 10.2. The maximum atomic E-state index is 13.2. The molecular weight excluding hydrogens is 481 g/mol. The van der Waals surface area contributed by atoms with E-state index >= 15 is 0 Å². The second-order valence-corrected chi connectivity index (χ2v) is 10.8. The number of hydrogen-bond donors (Lipinski definition) is 0. The molecule has 5 nitrogen and oxygen atoms in total. The van der Waals surface area contributed by atoms with Gasteiger partial charge in [-0.05, 0) is 36.8 Å². The number of thiocarbonyl (C=S) groups is 1. The van der Waals surface area contributed by atoms with Crippen LogP contribution in [0.1, 0.15) is 38.2 Å². The minimum atomic E-state index is -0.0193. The summed E-state index contributed by atoms with van der Waals surface area (Å²) < 4.78 is 3.58. The van der Waals surface area contributed by atoms with Gasteiger partial charge in [0.1, 0.15) is 15.0 Å². The first kappa shape index (κ1) is 23.0. The van der Waals surface area contributed by atoms with Crippen LogP contribution in [0.3, 0.4) is 0 Å². The lowest BCUT2D eigenvalue weighted by Crippen LogP contribution is -2.28. The summed E-state index contributed by atoms with van der Waals surface area (Å²) in [6.45, 7) is 2.86. The summed E-state index contributed by atoms with van der Waals surface area (Å²) in [6, 6.07) is 18.0. The van der Waals surface area contributed by atoms with Crippen molar-refractivity contribution in [3.8, 4) is 16.4 Å². The highest BCUT2D eigenvalue weighted by Gasteiger charge is 2.32. The van der Waals surface area contributed by atoms with Gasteiger partial charge in [0.2, 0.25) is 0 Å². The van der Waals surface area contributed by atoms with Crippen LogP contribution in [-0.4, -0.2) is 36.4 Å². The molecule has 0 unspecified atom stereocenters. The Kier molecular flexibility index (Phi) is 6.89. The van der Waals surface area contributed by atoms with E-state index in [9.17, 15) is 4.79 Å². The number of nitrogens with zero attached hydrogens (tertiary/aromatic N) is 4. The van der Waals surface area contributed by atoms with E-state index in [0.29, 0.717) is 15.8 Å². The number of thioether (sulfide) groups is 1. The van der Waals surface area contributed by atoms with Gasteiger partial charge in [-0.15, -0.1) is 11.3 Å². The second kappa shape index (κ2) is 10.2. The number of carbonyl (C=O) groups is 1. The fourth-order valence-corrected chi connectivity index (χ4v) is 6.15. The Morgan fingerprint density at radius 1 is 1.03 bits per heavy atom. The summed E-state index contributed by atoms with van der Waals surface area (Å²) in [4.78, 5) is 20.3. The van der Waals surface area contributed by atoms with Crippen molar-refractivity contribution in [2.75, 3.05) is 6.54 Å². The van der Waals surface area contributed by atoms with Gasteiger partial charge in [-0.2, -0.15) is 5.10 Å². The van der Waals surface area contributed by atoms with E-state index < -0.39 is 0 Å². The molecule has 34 heavy (non-hydrogen) atoms. The molecule has 172 valence electrons. The highest BCUT2D eigenvalue weighted by molar-refractivity contribution is 8.26. The SMILES string of the molecule is CCCCCCN1C(=O)/C(=C/c2cn(-c3ccccc3)nc2-c2nc3ccccc3s2)SC1=S. The molecule has 0 spiro atoms. The van der Waals surface area contributed by atoms with Crippen molar-refractivity contribution in [3.63, 3.8) is 0 Å². The van der Waals surface area contributed by atoms with Crippen LogP contribution in [0.2, 0.25) is 0 Å². The van der Waals surface area contributed by atoms with Gasteiger partial charge in [-0.3, -0.25) is 9.69 Å². The maximum Gasteiger partial charge on any atom is 0.266 e. The largest absolute Gasteiger partial charge is 0.293 e. The molecule has 1 saturated heterocycles. The van der Waals surface area contributed by atoms with E-state index in [2.05, 4.69) is 13.0 Å². The zero-order chi connectivity index (χ0) is 23.5. The number of thiazole rings is 1. The van der Waals surface area contributed by atoms with Gasteiger partial charge in [0.15, 0.2) is 0 Å². The normalized spacial score (nSPS) is 15.2. The van der Waals surface area contributed by atoms with E-state index in [1.54, 1.807) is 16.2 Å². The Bertz CT molecular complexity index is 1340. The Labute approximate surface area is 212 Å². The first-order valence-electron chi connectivity index (χ1n) is 11.4. The van der Waals surface area contributed by atoms with E-state index in [1.807, 2.05) is 65.5 Å². The molecule has 1 aliphatic rings. The van der Waals surface area contributed by atoms with Crippen molar-refractivity contribution in [1.82, 2.24) is 19.7 Å². The zero-order valence-corrected chi connectivity index (χ0v) is 21.3. The molecule has 8 heteroatoms. The van der Waals surface area contributed by atoms with Gasteiger partial charge >= 0.3 is 0 Å². The molecule has 0 aliphatic carbocycles. The molecule has 2 aromatic carbocycles. The predicted molar refractivity (Wildman–Crippen MR) is 146 cm³/mol. The Morgan fingerprint density at radius 3 is 2.62 bits per heavy atom. The first-order valence-corrected chi connectivity index (χ1v) is 13.4. The number of fused-ring (bicyclic) bond motifs is 1. The number of benzene rings is 2. The van der Waals surface area contributed by atoms with Crippen LogP contribution in [0.25, 0.3) is 32.7 Å². The average molecular weight is 505 g/mol. The number of aromatic nitrogens is 3. The van der Waals surface area contributed by atoms with Gasteiger partial charge in [-0.25, -0.2) is 9.67 Å². The number of amides is 1. The molecule has 5 rings (SSSR count). The van der Waals surface area contributed by atoms with E-state index in [1.165, 1.54) is 18.2 Å². The van der Waals surface area contributed by atoms with E-state index in [-0.39, 0.29) is 5.91 Å². The highest BCUT2D eigenvalue weighted by Crippen LogP contribution is 2.37. The molecule has 2 aromatic heterocycles. The van der Waals surface area contributed by atoms with Crippen LogP contribution in [0, 0.1) is 0 Å². The minimum absolute atomic E-state index is 0.0193. The number of carbonyl (C=O) groups excluding carboxylic acids is 1. The van der Waals surface area contributed by atoms with Crippen molar-refractivity contribution in [3.05, 3.63) is 71.3 Å². The van der Waals surface area contributed by atoms with Crippen molar-refractivity contribution in [2.24, 2.45) is 0 Å². The second-order valence-electron chi connectivity index (χ2n) is 8.09. The van der Waals surface area contributed by atoms with Crippen molar-refractivity contribution in [2.45, 2.75) is 32.6 Å². The molecule has 1 aliphatic heterocycles. The van der Waals surface area contributed by atoms with Gasteiger partial charge in [-0.1, -0.05) is 80.5 Å². The Morgan fingerprint density at radius 2 is 1.82 bits per heavy atom. The summed E-state index contributed by atoms with van der Waals surface area (Å²) in [5.74, 6) is -0.0193. The molecule has 0 N–H and O–H groups in total. The van der Waals surface area contributed by atoms with Gasteiger partial charge in [0, 0.05) is 18.3 Å². The van der Waals surface area contributed by atoms with Crippen LogP contribution in [0.5, 0.6) is 0 Å². The average Bonchev–Trinajstić information content (AvgIpc) is 3.54. The van der Waals surface area contributed by atoms with Crippen molar-refractivity contribution >= 4 is 61.8 Å². The lowest BCUT2D eigenvalue weighted by molar-refractivity contribution is -0.122. The first-order chi connectivity index (χ1) is 16.6. The number of para-hydroxylation sites is 2. The van der Waals surface area contributed by atoms with Gasteiger partial charge in [0.05, 0.1) is 20.8 Å². The van der Waals surface area contributed by atoms with Crippen LogP contribution < -0.4 is 0 Å². The molecule has 1 fully saturated rings. The molecule has 1 amide bonds. The van der Waals surface area contributed by atoms with E-state index in [4.69, 9.17) is 22.3 Å². The van der Waals surface area contributed by atoms with Gasteiger partial charge < -0.3 is 0 Å². The zero-order valence-electron chi connectivity index (χ0n) is 18.8. The quantitative estimate of drug-likeness (QED) is 0.148. The molecule has 0 saturated carbocycles. The summed E-state index contributed by atoms with van der Waals surface area (Å²) in [5.41, 5.74) is 3.52. The number of hydrogen-bond acceptors (Lipinski definition) is 6. The smallest absolute Gasteiger partial charge is 0.266 e. The van der Waals surface area contributed by atoms with Crippen LogP contribution in [0.15, 0.2) is 65.7 Å². The van der Waals surface area contributed by atoms with Crippen LogP contribution >= 0.6 is 35.3 Å². The topological polar surface area (TPSA) is 51.0 Å². The maximum absolute atomic E-state index is 13.2. The monoisotopic (exact) mass is 504 g/mol. The van der Waals surface area contributed by atoms with Crippen molar-refractivity contribution in [1.29, 1.82) is 0 Å². The Hall–Kier alpha value is -2.81. The third-order valence-corrected chi connectivity index (χ3v) is 8.08. The molecule has 0 atom stereocenters. The third-order valence-electron chi connectivity index (χ3n) is 5.66. The minimum Gasteiger partial charge on any atom is -0.293 e. The molecule has 0 bridgehead atoms. The molecule has 4 aromatic rings. The number of rotatable bonds is 8. The summed E-state index contributed by atoms with van der Waals surface area (Å²) in [6.07, 6.45) is 8.30. The van der Waals surface area contributed by atoms with E-state index in [0.717, 1.165) is 51.4 Å². The molecular formula is C26H24N4OS3. The standard InChI is InChI=1S/C26H24N4OS3/c1-2-3-4-10-15-29-25(31)22(34-26(29)32)16-18-17-30(19-11-6-5-7-12-19)28-23(18)24-27-20-13-8-9-14-21(20)33-24/h5-9,11-14,16-17H,2-4,10,15H2,1H3/b22-16-. The van der Waals surface area contributed by atoms with Crippen LogP contribution in [-0.2, 0) is 4.79 Å². The lowest BCUT2D eigenvalue weighted by Gasteiger charge is -2.13. The van der Waals surface area contributed by atoms with Gasteiger partial charge in [0.25, 0.3) is 5.91 Å². The Balaban J connectivity index is 1.51.